The van der Waals surface area contributed by atoms with E-state index in [0.717, 1.165) is 10.4 Å². The zero-order valence-electron chi connectivity index (χ0n) is 15.1. The van der Waals surface area contributed by atoms with Crippen molar-refractivity contribution in [1.29, 1.82) is 5.26 Å². The van der Waals surface area contributed by atoms with Crippen molar-refractivity contribution in [2.45, 2.75) is 20.8 Å². The van der Waals surface area contributed by atoms with Crippen molar-refractivity contribution in [3.05, 3.63) is 62.0 Å². The Morgan fingerprint density at radius 3 is 2.67 bits per heavy atom. The molecule has 0 aliphatic heterocycles. The number of nitrogens with one attached hydrogen (secondary N) is 1. The summed E-state index contributed by atoms with van der Waals surface area (Å²) in [7, 11) is 0. The van der Waals surface area contributed by atoms with Crippen LogP contribution in [0.15, 0.2) is 29.1 Å². The molecule has 3 rings (SSSR count). The van der Waals surface area contributed by atoms with Crippen molar-refractivity contribution in [2.24, 2.45) is 0 Å². The van der Waals surface area contributed by atoms with Crippen molar-refractivity contribution >= 4 is 39.2 Å². The van der Waals surface area contributed by atoms with Gasteiger partial charge in [0.2, 0.25) is 0 Å². The minimum Gasteiger partial charge on any atom is -0.462 e. The maximum absolute atomic E-state index is 12.6. The van der Waals surface area contributed by atoms with E-state index in [4.69, 9.17) is 10.00 Å². The number of hydrogen-bond donors (Lipinski definition) is 1. The Morgan fingerprint density at radius 2 is 2.04 bits per heavy atom. The fourth-order valence-electron chi connectivity index (χ4n) is 2.64. The Labute approximate surface area is 159 Å². The first-order valence-corrected chi connectivity index (χ1v) is 9.15. The number of hydrogen-bond acceptors (Lipinski definition) is 6. The van der Waals surface area contributed by atoms with E-state index in [2.05, 4.69) is 9.97 Å². The molecule has 0 atom stereocenters. The highest BCUT2D eigenvalue weighted by molar-refractivity contribution is 7.18. The summed E-state index contributed by atoms with van der Waals surface area (Å²) in [5.74, 6) is -0.411. The molecule has 6 nitrogen and oxygen atoms in total. The minimum atomic E-state index is -0.575. The second-order valence-corrected chi connectivity index (χ2v) is 7.09. The number of nitriles is 1. The third-order valence-corrected chi connectivity index (χ3v) is 5.24. The van der Waals surface area contributed by atoms with Crippen LogP contribution in [0.5, 0.6) is 0 Å². The molecule has 2 heterocycles. The molecule has 0 spiro atoms. The minimum absolute atomic E-state index is 0.157. The highest BCUT2D eigenvalue weighted by Gasteiger charge is 2.19. The summed E-state index contributed by atoms with van der Waals surface area (Å²) in [4.78, 5) is 33.8. The number of aryl methyl sites for hydroxylation is 2. The van der Waals surface area contributed by atoms with Gasteiger partial charge >= 0.3 is 5.97 Å². The lowest BCUT2D eigenvalue weighted by atomic mass is 10.1. The van der Waals surface area contributed by atoms with Gasteiger partial charge in [-0.15, -0.1) is 11.3 Å². The maximum atomic E-state index is 12.6. The Morgan fingerprint density at radius 1 is 1.33 bits per heavy atom. The summed E-state index contributed by atoms with van der Waals surface area (Å²) in [5, 5.41) is 9.46. The number of thiophene rings is 1. The van der Waals surface area contributed by atoms with Crippen LogP contribution in [-0.2, 0) is 9.53 Å². The molecule has 0 amide bonds. The van der Waals surface area contributed by atoms with Gasteiger partial charge in [0.15, 0.2) is 0 Å². The summed E-state index contributed by atoms with van der Waals surface area (Å²) >= 11 is 1.41. The molecule has 0 unspecified atom stereocenters. The maximum Gasteiger partial charge on any atom is 0.341 e. The lowest BCUT2D eigenvalue weighted by molar-refractivity contribution is -0.136. The molecular weight excluding hydrogens is 362 g/mol. The first kappa shape index (κ1) is 18.5. The van der Waals surface area contributed by atoms with Crippen LogP contribution in [-0.4, -0.2) is 22.5 Å². The average molecular weight is 379 g/mol. The second kappa shape index (κ2) is 7.56. The van der Waals surface area contributed by atoms with Gasteiger partial charge in [-0.1, -0.05) is 12.1 Å². The van der Waals surface area contributed by atoms with Gasteiger partial charge in [0.1, 0.15) is 16.2 Å². The van der Waals surface area contributed by atoms with Crippen LogP contribution in [0.3, 0.4) is 0 Å². The monoisotopic (exact) mass is 379 g/mol. The first-order valence-electron chi connectivity index (χ1n) is 8.34. The third kappa shape index (κ3) is 3.66. The summed E-state index contributed by atoms with van der Waals surface area (Å²) in [6.45, 7) is 5.72. The molecule has 1 N–H and O–H groups in total. The number of rotatable bonds is 4. The quantitative estimate of drug-likeness (QED) is 0.552. The molecule has 0 aliphatic rings. The second-order valence-electron chi connectivity index (χ2n) is 5.89. The SMILES string of the molecule is CCOC(=O)C(=Cc1ccc(C#N)cc1)c1nc2sc(C)c(C)c2c(=O)[nH]1. The van der Waals surface area contributed by atoms with Gasteiger partial charge in [0.25, 0.3) is 5.56 Å². The Balaban J connectivity index is 2.17. The van der Waals surface area contributed by atoms with Crippen molar-refractivity contribution in [3.63, 3.8) is 0 Å². The van der Waals surface area contributed by atoms with Crippen molar-refractivity contribution in [1.82, 2.24) is 9.97 Å². The molecule has 2 aromatic heterocycles. The number of esters is 1. The highest BCUT2D eigenvalue weighted by atomic mass is 32.1. The first-order chi connectivity index (χ1) is 12.9. The zero-order chi connectivity index (χ0) is 19.6. The van der Waals surface area contributed by atoms with E-state index < -0.39 is 5.97 Å². The van der Waals surface area contributed by atoms with E-state index >= 15 is 0 Å². The summed E-state index contributed by atoms with van der Waals surface area (Å²) in [6, 6.07) is 8.78. The van der Waals surface area contributed by atoms with E-state index in [0.29, 0.717) is 21.3 Å². The molecule has 0 radical (unpaired) electrons. The number of nitrogens with zero attached hydrogens (tertiary/aromatic N) is 2. The van der Waals surface area contributed by atoms with Crippen LogP contribution in [0.1, 0.15) is 34.3 Å². The van der Waals surface area contributed by atoms with E-state index in [1.165, 1.54) is 11.3 Å². The van der Waals surface area contributed by atoms with Crippen molar-refractivity contribution in [3.8, 4) is 6.07 Å². The van der Waals surface area contributed by atoms with Gasteiger partial charge in [-0.25, -0.2) is 9.78 Å². The molecule has 0 saturated heterocycles. The summed E-state index contributed by atoms with van der Waals surface area (Å²) in [5.41, 5.74) is 1.97. The lowest BCUT2D eigenvalue weighted by Crippen LogP contribution is -2.15. The Bertz CT molecular complexity index is 1150. The van der Waals surface area contributed by atoms with E-state index in [-0.39, 0.29) is 23.6 Å². The fourth-order valence-corrected chi connectivity index (χ4v) is 3.67. The zero-order valence-corrected chi connectivity index (χ0v) is 15.9. The fraction of sp³-hybridized carbons (Fsp3) is 0.200. The molecular formula is C20H17N3O3S. The van der Waals surface area contributed by atoms with Gasteiger partial charge in [-0.3, -0.25) is 4.79 Å². The normalized spacial score (nSPS) is 11.4. The molecule has 1 aromatic carbocycles. The largest absolute Gasteiger partial charge is 0.462 e. The molecule has 0 saturated carbocycles. The Kier molecular flexibility index (Phi) is 5.19. The molecule has 27 heavy (non-hydrogen) atoms. The number of fused-ring (bicyclic) bond motifs is 1. The lowest BCUT2D eigenvalue weighted by Gasteiger charge is -2.07. The van der Waals surface area contributed by atoms with Gasteiger partial charge in [-0.2, -0.15) is 5.26 Å². The van der Waals surface area contributed by atoms with Crippen LogP contribution in [0.2, 0.25) is 0 Å². The highest BCUT2D eigenvalue weighted by Crippen LogP contribution is 2.27. The molecule has 0 bridgehead atoms. The van der Waals surface area contributed by atoms with Crippen LogP contribution in [0, 0.1) is 25.2 Å². The third-order valence-electron chi connectivity index (χ3n) is 4.14. The van der Waals surface area contributed by atoms with E-state index in [1.54, 1.807) is 37.3 Å². The predicted molar refractivity (Wildman–Crippen MR) is 105 cm³/mol. The van der Waals surface area contributed by atoms with Gasteiger partial charge in [0, 0.05) is 4.88 Å². The number of aromatic amines is 1. The standard InChI is InChI=1S/C20H17N3O3S/c1-4-26-20(25)15(9-13-5-7-14(10-21)8-6-13)17-22-18(24)16-11(2)12(3)27-19(16)23-17/h5-9H,4H2,1-3H3,(H,22,23,24). The molecule has 7 heteroatoms. The van der Waals surface area contributed by atoms with Crippen LogP contribution in [0.4, 0.5) is 0 Å². The van der Waals surface area contributed by atoms with Gasteiger partial charge in [0.05, 0.1) is 23.6 Å². The van der Waals surface area contributed by atoms with Gasteiger partial charge < -0.3 is 9.72 Å². The van der Waals surface area contributed by atoms with Crippen molar-refractivity contribution in [2.75, 3.05) is 6.61 Å². The van der Waals surface area contributed by atoms with Crippen LogP contribution >= 0.6 is 11.3 Å². The molecule has 136 valence electrons. The van der Waals surface area contributed by atoms with E-state index in [1.807, 2.05) is 19.9 Å². The smallest absolute Gasteiger partial charge is 0.341 e. The number of carbonyl (C=O) groups is 1. The average Bonchev–Trinajstić information content (AvgIpc) is 2.94. The predicted octanol–water partition coefficient (Wildman–Crippen LogP) is 3.58. The molecule has 3 aromatic rings. The molecule has 0 fully saturated rings. The van der Waals surface area contributed by atoms with E-state index in [9.17, 15) is 9.59 Å². The number of aromatic nitrogens is 2. The van der Waals surface area contributed by atoms with Gasteiger partial charge in [-0.05, 0) is 50.1 Å². The number of carbonyl (C=O) groups excluding carboxylic acids is 1. The van der Waals surface area contributed by atoms with Crippen molar-refractivity contribution < 1.29 is 9.53 Å². The number of H-pyrrole nitrogens is 1. The number of benzene rings is 1. The molecule has 0 aliphatic carbocycles. The summed E-state index contributed by atoms with van der Waals surface area (Å²) < 4.78 is 5.14. The summed E-state index contributed by atoms with van der Waals surface area (Å²) in [6.07, 6.45) is 1.59. The Hall–Kier alpha value is -3.24. The topological polar surface area (TPSA) is 95.8 Å². The van der Waals surface area contributed by atoms with Crippen LogP contribution < -0.4 is 5.56 Å². The van der Waals surface area contributed by atoms with Crippen LogP contribution in [0.25, 0.3) is 21.9 Å². The number of ether oxygens (including phenoxy) is 1.